The molecule has 15 heavy (non-hydrogen) atoms. The lowest BCUT2D eigenvalue weighted by molar-refractivity contribution is -0.120. The average Bonchev–Trinajstić information content (AvgIpc) is 2.18. The van der Waals surface area contributed by atoms with Gasteiger partial charge in [0.25, 0.3) is 0 Å². The standard InChI is InChI=1S/C13H19NO/c1-10(2)14(9-15)8-13-7-11(3)5-6-12(13)4/h5-7,9-10H,8H2,1-4H3. The van der Waals surface area contributed by atoms with E-state index in [9.17, 15) is 4.79 Å². The molecular weight excluding hydrogens is 186 g/mol. The number of rotatable bonds is 4. The number of aryl methyl sites for hydroxylation is 2. The van der Waals surface area contributed by atoms with Crippen LogP contribution in [0.3, 0.4) is 0 Å². The fraction of sp³-hybridized carbons (Fsp3) is 0.462. The largest absolute Gasteiger partial charge is 0.338 e. The van der Waals surface area contributed by atoms with Gasteiger partial charge >= 0.3 is 0 Å². The number of nitrogens with zero attached hydrogens (tertiary/aromatic N) is 1. The van der Waals surface area contributed by atoms with E-state index in [4.69, 9.17) is 0 Å². The summed E-state index contributed by atoms with van der Waals surface area (Å²) in [6.07, 6.45) is 0.923. The van der Waals surface area contributed by atoms with Crippen molar-refractivity contribution < 1.29 is 4.79 Å². The van der Waals surface area contributed by atoms with Crippen molar-refractivity contribution in [3.05, 3.63) is 34.9 Å². The van der Waals surface area contributed by atoms with Crippen molar-refractivity contribution in [2.45, 2.75) is 40.3 Å². The van der Waals surface area contributed by atoms with E-state index in [0.29, 0.717) is 6.54 Å². The van der Waals surface area contributed by atoms with Crippen molar-refractivity contribution in [3.63, 3.8) is 0 Å². The second-order valence-corrected chi connectivity index (χ2v) is 4.30. The lowest BCUT2D eigenvalue weighted by Crippen LogP contribution is -2.29. The van der Waals surface area contributed by atoms with Crippen LogP contribution < -0.4 is 0 Å². The van der Waals surface area contributed by atoms with E-state index < -0.39 is 0 Å². The first-order valence-corrected chi connectivity index (χ1v) is 5.31. The van der Waals surface area contributed by atoms with Crippen molar-refractivity contribution in [1.29, 1.82) is 0 Å². The lowest BCUT2D eigenvalue weighted by atomic mass is 10.1. The maximum Gasteiger partial charge on any atom is 0.210 e. The SMILES string of the molecule is Cc1ccc(C)c(CN(C=O)C(C)C)c1. The van der Waals surface area contributed by atoms with E-state index >= 15 is 0 Å². The van der Waals surface area contributed by atoms with Gasteiger partial charge in [-0.15, -0.1) is 0 Å². The molecule has 2 heteroatoms. The second-order valence-electron chi connectivity index (χ2n) is 4.30. The minimum atomic E-state index is 0.252. The fourth-order valence-electron chi connectivity index (χ4n) is 1.51. The molecule has 0 aliphatic heterocycles. The van der Waals surface area contributed by atoms with E-state index in [1.165, 1.54) is 16.7 Å². The normalized spacial score (nSPS) is 10.5. The third-order valence-electron chi connectivity index (χ3n) is 2.66. The molecule has 0 heterocycles. The topological polar surface area (TPSA) is 20.3 Å². The molecule has 0 unspecified atom stereocenters. The van der Waals surface area contributed by atoms with Crippen LogP contribution in [0.1, 0.15) is 30.5 Å². The zero-order valence-electron chi connectivity index (χ0n) is 9.95. The van der Waals surface area contributed by atoms with Gasteiger partial charge in [-0.25, -0.2) is 0 Å². The Bertz CT molecular complexity index is 344. The summed E-state index contributed by atoms with van der Waals surface area (Å²) in [6.45, 7) is 8.91. The Balaban J connectivity index is 2.87. The number of carbonyl (C=O) groups is 1. The van der Waals surface area contributed by atoms with E-state index in [-0.39, 0.29) is 6.04 Å². The van der Waals surface area contributed by atoms with E-state index in [0.717, 1.165) is 6.41 Å². The summed E-state index contributed by atoms with van der Waals surface area (Å²) in [4.78, 5) is 12.7. The van der Waals surface area contributed by atoms with Crippen LogP contribution in [0.5, 0.6) is 0 Å². The molecule has 2 nitrogen and oxygen atoms in total. The van der Waals surface area contributed by atoms with Crippen molar-refractivity contribution >= 4 is 6.41 Å². The molecule has 1 aromatic rings. The Morgan fingerprint density at radius 2 is 2.00 bits per heavy atom. The van der Waals surface area contributed by atoms with Crippen LogP contribution >= 0.6 is 0 Å². The zero-order valence-corrected chi connectivity index (χ0v) is 9.95. The average molecular weight is 205 g/mol. The molecule has 0 bridgehead atoms. The number of hydrogen-bond donors (Lipinski definition) is 0. The van der Waals surface area contributed by atoms with E-state index in [1.807, 2.05) is 18.7 Å². The molecule has 0 spiro atoms. The van der Waals surface area contributed by atoms with Gasteiger partial charge in [-0.2, -0.15) is 0 Å². The van der Waals surface area contributed by atoms with Crippen LogP contribution in [0.4, 0.5) is 0 Å². The van der Waals surface area contributed by atoms with Gasteiger partial charge in [-0.05, 0) is 38.8 Å². The predicted octanol–water partition coefficient (Wildman–Crippen LogP) is 2.67. The predicted molar refractivity (Wildman–Crippen MR) is 62.7 cm³/mol. The fourth-order valence-corrected chi connectivity index (χ4v) is 1.51. The maximum atomic E-state index is 10.9. The molecule has 0 N–H and O–H groups in total. The van der Waals surface area contributed by atoms with Crippen molar-refractivity contribution in [1.82, 2.24) is 4.90 Å². The summed E-state index contributed by atoms with van der Waals surface area (Å²) >= 11 is 0. The molecule has 1 aromatic carbocycles. The number of amides is 1. The van der Waals surface area contributed by atoms with Gasteiger partial charge < -0.3 is 4.90 Å². The van der Waals surface area contributed by atoms with Gasteiger partial charge in [0.05, 0.1) is 0 Å². The summed E-state index contributed by atoms with van der Waals surface area (Å²) in [7, 11) is 0. The highest BCUT2D eigenvalue weighted by Crippen LogP contribution is 2.13. The number of carbonyl (C=O) groups excluding carboxylic acids is 1. The summed E-state index contributed by atoms with van der Waals surface area (Å²) in [5.74, 6) is 0. The summed E-state index contributed by atoms with van der Waals surface area (Å²) < 4.78 is 0. The molecule has 1 amide bonds. The van der Waals surface area contributed by atoms with Gasteiger partial charge in [0.2, 0.25) is 6.41 Å². The highest BCUT2D eigenvalue weighted by Gasteiger charge is 2.08. The van der Waals surface area contributed by atoms with Gasteiger partial charge in [-0.1, -0.05) is 23.8 Å². The van der Waals surface area contributed by atoms with Crippen molar-refractivity contribution in [2.75, 3.05) is 0 Å². The molecule has 1 rings (SSSR count). The Labute approximate surface area is 91.9 Å². The smallest absolute Gasteiger partial charge is 0.210 e. The van der Waals surface area contributed by atoms with Crippen LogP contribution in [0.25, 0.3) is 0 Å². The molecule has 0 aliphatic rings. The summed E-state index contributed by atoms with van der Waals surface area (Å²) in [5, 5.41) is 0. The monoisotopic (exact) mass is 205 g/mol. The minimum Gasteiger partial charge on any atom is -0.338 e. The van der Waals surface area contributed by atoms with Gasteiger partial charge in [-0.3, -0.25) is 4.79 Å². The first-order chi connectivity index (χ1) is 7.04. The Hall–Kier alpha value is -1.31. The quantitative estimate of drug-likeness (QED) is 0.692. The molecule has 0 atom stereocenters. The zero-order chi connectivity index (χ0) is 11.4. The lowest BCUT2D eigenvalue weighted by Gasteiger charge is -2.22. The molecule has 82 valence electrons. The molecule has 0 aliphatic carbocycles. The molecular formula is C13H19NO. The highest BCUT2D eigenvalue weighted by atomic mass is 16.1. The van der Waals surface area contributed by atoms with Crippen LogP contribution in [0, 0.1) is 13.8 Å². The first-order valence-electron chi connectivity index (χ1n) is 5.31. The third kappa shape index (κ3) is 3.08. The molecule has 0 radical (unpaired) electrons. The Morgan fingerprint density at radius 1 is 1.33 bits per heavy atom. The van der Waals surface area contributed by atoms with Crippen molar-refractivity contribution in [2.24, 2.45) is 0 Å². The van der Waals surface area contributed by atoms with E-state index in [2.05, 4.69) is 32.0 Å². The molecule has 0 saturated carbocycles. The van der Waals surface area contributed by atoms with Gasteiger partial charge in [0.15, 0.2) is 0 Å². The Morgan fingerprint density at radius 3 is 2.53 bits per heavy atom. The van der Waals surface area contributed by atoms with Crippen molar-refractivity contribution in [3.8, 4) is 0 Å². The summed E-state index contributed by atoms with van der Waals surface area (Å²) in [6, 6.07) is 6.60. The molecule has 0 fully saturated rings. The maximum absolute atomic E-state index is 10.9. The number of benzene rings is 1. The Kier molecular flexibility index (Phi) is 3.89. The molecule has 0 saturated heterocycles. The second kappa shape index (κ2) is 4.96. The van der Waals surface area contributed by atoms with Gasteiger partial charge in [0, 0.05) is 12.6 Å². The van der Waals surface area contributed by atoms with Crippen LogP contribution in [-0.4, -0.2) is 17.4 Å². The third-order valence-corrected chi connectivity index (χ3v) is 2.66. The minimum absolute atomic E-state index is 0.252. The van der Waals surface area contributed by atoms with Crippen LogP contribution in [-0.2, 0) is 11.3 Å². The van der Waals surface area contributed by atoms with Gasteiger partial charge in [0.1, 0.15) is 0 Å². The van der Waals surface area contributed by atoms with Crippen LogP contribution in [0.2, 0.25) is 0 Å². The van der Waals surface area contributed by atoms with E-state index in [1.54, 1.807) is 0 Å². The first kappa shape index (κ1) is 11.8. The highest BCUT2D eigenvalue weighted by molar-refractivity contribution is 5.48. The summed E-state index contributed by atoms with van der Waals surface area (Å²) in [5.41, 5.74) is 3.72. The van der Waals surface area contributed by atoms with Crippen LogP contribution in [0.15, 0.2) is 18.2 Å². The molecule has 0 aromatic heterocycles. The number of hydrogen-bond acceptors (Lipinski definition) is 1.